The molecule has 4 rings (SSSR count). The molecule has 3 nitrogen and oxygen atoms in total. The summed E-state index contributed by atoms with van der Waals surface area (Å²) in [5.41, 5.74) is 9.00. The summed E-state index contributed by atoms with van der Waals surface area (Å²) in [4.78, 5) is 4.55. The Kier molecular flexibility index (Phi) is 2.70. The highest BCUT2D eigenvalue weighted by Crippen LogP contribution is 2.39. The molecule has 1 aliphatic carbocycles. The van der Waals surface area contributed by atoms with Crippen molar-refractivity contribution in [1.29, 1.82) is 0 Å². The second-order valence-electron chi connectivity index (χ2n) is 5.66. The van der Waals surface area contributed by atoms with Crippen LogP contribution >= 0.6 is 0 Å². The summed E-state index contributed by atoms with van der Waals surface area (Å²) < 4.78 is 16.2. The second-order valence-corrected chi connectivity index (χ2v) is 5.66. The molecule has 1 aromatic heterocycles. The lowest BCUT2D eigenvalue weighted by Gasteiger charge is -2.08. The average molecular weight is 281 g/mol. The van der Waals surface area contributed by atoms with Crippen LogP contribution in [0.3, 0.4) is 0 Å². The van der Waals surface area contributed by atoms with Gasteiger partial charge in [-0.1, -0.05) is 18.2 Å². The molecule has 0 saturated heterocycles. The van der Waals surface area contributed by atoms with Crippen LogP contribution in [0.15, 0.2) is 42.5 Å². The fraction of sp³-hybridized carbons (Fsp3) is 0.235. The van der Waals surface area contributed by atoms with Crippen molar-refractivity contribution >= 4 is 16.7 Å². The topological polar surface area (TPSA) is 43.8 Å². The van der Waals surface area contributed by atoms with E-state index in [-0.39, 0.29) is 5.82 Å². The van der Waals surface area contributed by atoms with Gasteiger partial charge < -0.3 is 10.3 Å². The molecule has 0 aliphatic heterocycles. The maximum absolute atomic E-state index is 14.0. The monoisotopic (exact) mass is 281 g/mol. The molecule has 2 N–H and O–H groups in total. The average Bonchev–Trinajstić information content (AvgIpc) is 3.24. The maximum Gasteiger partial charge on any atom is 0.151 e. The summed E-state index contributed by atoms with van der Waals surface area (Å²) in [5.74, 6) is 0.688. The van der Waals surface area contributed by atoms with Crippen LogP contribution in [-0.2, 0) is 6.42 Å². The van der Waals surface area contributed by atoms with E-state index < -0.39 is 0 Å². The van der Waals surface area contributed by atoms with Gasteiger partial charge >= 0.3 is 0 Å². The number of benzene rings is 2. The van der Waals surface area contributed by atoms with E-state index in [0.29, 0.717) is 18.0 Å². The number of anilines is 1. The first-order chi connectivity index (χ1) is 10.2. The molecule has 0 unspecified atom stereocenters. The van der Waals surface area contributed by atoms with Crippen molar-refractivity contribution in [3.8, 4) is 0 Å². The summed E-state index contributed by atoms with van der Waals surface area (Å²) in [7, 11) is 0. The zero-order valence-corrected chi connectivity index (χ0v) is 11.6. The molecule has 0 radical (unpaired) electrons. The summed E-state index contributed by atoms with van der Waals surface area (Å²) >= 11 is 0. The Morgan fingerprint density at radius 1 is 1.14 bits per heavy atom. The number of nitrogen functional groups attached to an aromatic ring is 1. The number of rotatable bonds is 3. The molecule has 0 spiro atoms. The van der Waals surface area contributed by atoms with Crippen molar-refractivity contribution in [2.24, 2.45) is 0 Å². The van der Waals surface area contributed by atoms with E-state index in [9.17, 15) is 4.39 Å². The molecular formula is C17H16FN3. The van der Waals surface area contributed by atoms with Crippen molar-refractivity contribution in [2.75, 3.05) is 5.73 Å². The van der Waals surface area contributed by atoms with Crippen LogP contribution in [-0.4, -0.2) is 9.55 Å². The molecule has 21 heavy (non-hydrogen) atoms. The van der Waals surface area contributed by atoms with Crippen LogP contribution < -0.4 is 5.73 Å². The molecule has 106 valence electrons. The zero-order valence-electron chi connectivity index (χ0n) is 11.6. The molecule has 1 heterocycles. The van der Waals surface area contributed by atoms with Crippen LogP contribution in [0.25, 0.3) is 11.0 Å². The first-order valence-electron chi connectivity index (χ1n) is 7.22. The number of hydrogen-bond acceptors (Lipinski definition) is 2. The van der Waals surface area contributed by atoms with Gasteiger partial charge in [0.2, 0.25) is 0 Å². The van der Waals surface area contributed by atoms with Gasteiger partial charge in [0.05, 0.1) is 5.52 Å². The van der Waals surface area contributed by atoms with Crippen LogP contribution in [0.5, 0.6) is 0 Å². The van der Waals surface area contributed by atoms with Gasteiger partial charge in [-0.15, -0.1) is 0 Å². The molecule has 0 atom stereocenters. The lowest BCUT2D eigenvalue weighted by Crippen LogP contribution is -2.02. The molecule has 0 bridgehead atoms. The summed E-state index contributed by atoms with van der Waals surface area (Å²) in [5, 5.41) is 0. The first kappa shape index (κ1) is 12.4. The molecule has 4 heteroatoms. The molecule has 3 aromatic rings. The predicted molar refractivity (Wildman–Crippen MR) is 81.6 cm³/mol. The van der Waals surface area contributed by atoms with Crippen LogP contribution in [0.2, 0.25) is 0 Å². The van der Waals surface area contributed by atoms with Crippen molar-refractivity contribution in [3.05, 3.63) is 59.7 Å². The quantitative estimate of drug-likeness (QED) is 0.744. The van der Waals surface area contributed by atoms with Crippen LogP contribution in [0.4, 0.5) is 10.1 Å². The minimum atomic E-state index is -0.245. The zero-order chi connectivity index (χ0) is 14.4. The first-order valence-corrected chi connectivity index (χ1v) is 7.22. The lowest BCUT2D eigenvalue weighted by atomic mass is 10.1. The number of para-hydroxylation sites is 1. The number of fused-ring (bicyclic) bond motifs is 1. The van der Waals surface area contributed by atoms with E-state index in [1.807, 2.05) is 30.3 Å². The fourth-order valence-corrected chi connectivity index (χ4v) is 2.81. The molecule has 1 saturated carbocycles. The summed E-state index contributed by atoms with van der Waals surface area (Å²) in [6, 6.07) is 13.4. The molecule has 1 fully saturated rings. The van der Waals surface area contributed by atoms with Gasteiger partial charge in [-0.25, -0.2) is 9.37 Å². The van der Waals surface area contributed by atoms with E-state index in [0.717, 1.165) is 35.4 Å². The Hall–Kier alpha value is -2.36. The van der Waals surface area contributed by atoms with Gasteiger partial charge in [0.1, 0.15) is 11.3 Å². The largest absolute Gasteiger partial charge is 0.399 e. The van der Waals surface area contributed by atoms with Gasteiger partial charge in [0, 0.05) is 18.2 Å². The lowest BCUT2D eigenvalue weighted by molar-refractivity contribution is 0.637. The number of halogens is 1. The predicted octanol–water partition coefficient (Wildman–Crippen LogP) is 3.68. The minimum absolute atomic E-state index is 0.245. The number of hydrogen-bond donors (Lipinski definition) is 1. The highest BCUT2D eigenvalue weighted by atomic mass is 19.1. The van der Waals surface area contributed by atoms with E-state index in [2.05, 4.69) is 9.55 Å². The molecule has 2 aromatic carbocycles. The molecular weight excluding hydrogens is 265 g/mol. The third-order valence-corrected chi connectivity index (χ3v) is 4.00. The SMILES string of the molecule is Nc1ccc(Cc2nc3c(F)cccc3n2C2CC2)cc1. The van der Waals surface area contributed by atoms with Crippen LogP contribution in [0, 0.1) is 5.82 Å². The van der Waals surface area contributed by atoms with Crippen molar-refractivity contribution in [1.82, 2.24) is 9.55 Å². The van der Waals surface area contributed by atoms with Crippen molar-refractivity contribution < 1.29 is 4.39 Å². The minimum Gasteiger partial charge on any atom is -0.399 e. The number of imidazole rings is 1. The Bertz CT molecular complexity index is 801. The van der Waals surface area contributed by atoms with Crippen LogP contribution in [0.1, 0.15) is 30.3 Å². The highest BCUT2D eigenvalue weighted by molar-refractivity contribution is 5.77. The van der Waals surface area contributed by atoms with Gasteiger partial charge in [-0.2, -0.15) is 0 Å². The van der Waals surface area contributed by atoms with E-state index in [1.54, 1.807) is 6.07 Å². The van der Waals surface area contributed by atoms with Gasteiger partial charge in [0.15, 0.2) is 5.82 Å². The van der Waals surface area contributed by atoms with E-state index >= 15 is 0 Å². The Morgan fingerprint density at radius 2 is 1.90 bits per heavy atom. The van der Waals surface area contributed by atoms with Gasteiger partial charge in [0.25, 0.3) is 0 Å². The van der Waals surface area contributed by atoms with E-state index in [4.69, 9.17) is 5.73 Å². The fourth-order valence-electron chi connectivity index (χ4n) is 2.81. The number of aromatic nitrogens is 2. The second kappa shape index (κ2) is 4.58. The van der Waals surface area contributed by atoms with E-state index in [1.165, 1.54) is 6.07 Å². The smallest absolute Gasteiger partial charge is 0.151 e. The maximum atomic E-state index is 14.0. The Morgan fingerprint density at radius 3 is 2.62 bits per heavy atom. The third-order valence-electron chi connectivity index (χ3n) is 4.00. The molecule has 0 amide bonds. The normalized spacial score (nSPS) is 14.7. The number of nitrogens with two attached hydrogens (primary N) is 1. The third kappa shape index (κ3) is 2.17. The van der Waals surface area contributed by atoms with Crippen molar-refractivity contribution in [3.63, 3.8) is 0 Å². The van der Waals surface area contributed by atoms with Gasteiger partial charge in [-0.05, 0) is 42.7 Å². The molecule has 1 aliphatic rings. The summed E-state index contributed by atoms with van der Waals surface area (Å²) in [6.45, 7) is 0. The Labute approximate surface area is 122 Å². The standard InChI is InChI=1S/C17H16FN3/c18-14-2-1-3-15-17(14)20-16(21(15)13-8-9-13)10-11-4-6-12(19)7-5-11/h1-7,13H,8-10,19H2. The van der Waals surface area contributed by atoms with Gasteiger partial charge in [-0.3, -0.25) is 0 Å². The van der Waals surface area contributed by atoms with Crippen molar-refractivity contribution in [2.45, 2.75) is 25.3 Å². The highest BCUT2D eigenvalue weighted by Gasteiger charge is 2.28. The summed E-state index contributed by atoms with van der Waals surface area (Å²) in [6.07, 6.45) is 3.00. The number of nitrogens with zero attached hydrogens (tertiary/aromatic N) is 2. The Balaban J connectivity index is 1.82.